The summed E-state index contributed by atoms with van der Waals surface area (Å²) in [5.41, 5.74) is 0.896. The van der Waals surface area contributed by atoms with Gasteiger partial charge < -0.3 is 5.32 Å². The van der Waals surface area contributed by atoms with Crippen LogP contribution in [0.25, 0.3) is 0 Å². The first-order valence-corrected chi connectivity index (χ1v) is 6.20. The molecular weight excluding hydrogens is 341 g/mol. The third-order valence-corrected chi connectivity index (χ3v) is 2.86. The van der Waals surface area contributed by atoms with Crippen LogP contribution in [0.15, 0.2) is 42.6 Å². The van der Waals surface area contributed by atoms with Gasteiger partial charge >= 0.3 is 0 Å². The number of pyridine rings is 1. The van der Waals surface area contributed by atoms with Gasteiger partial charge in [0.25, 0.3) is 5.91 Å². The number of carbonyl (C=O) groups is 1. The first-order valence-electron chi connectivity index (χ1n) is 5.12. The molecule has 2 aromatic rings. The Kier molecular flexibility index (Phi) is 3.89. The summed E-state index contributed by atoms with van der Waals surface area (Å²) >= 11 is 2.14. The van der Waals surface area contributed by atoms with Gasteiger partial charge in [-0.05, 0) is 52.9 Å². The lowest BCUT2D eigenvalue weighted by molar-refractivity contribution is 0.102. The molecule has 0 atom stereocenters. The molecule has 0 radical (unpaired) electrons. The van der Waals surface area contributed by atoms with Crippen molar-refractivity contribution in [2.24, 2.45) is 0 Å². The molecule has 0 fully saturated rings. The van der Waals surface area contributed by atoms with Gasteiger partial charge in [-0.3, -0.25) is 4.79 Å². The van der Waals surface area contributed by atoms with E-state index >= 15 is 0 Å². The molecule has 0 saturated carbocycles. The molecule has 0 bridgehead atoms. The molecule has 1 N–H and O–H groups in total. The first-order chi connectivity index (χ1) is 8.69. The number of hydrogen-bond donors (Lipinski definition) is 1. The summed E-state index contributed by atoms with van der Waals surface area (Å²) in [5, 5.41) is 11.4. The number of benzene rings is 1. The van der Waals surface area contributed by atoms with Crippen LogP contribution < -0.4 is 5.32 Å². The van der Waals surface area contributed by atoms with Crippen LogP contribution in [0.1, 0.15) is 15.9 Å². The third kappa shape index (κ3) is 3.05. The predicted octanol–water partition coefficient (Wildman–Crippen LogP) is 2.81. The smallest absolute Gasteiger partial charge is 0.256 e. The number of aromatic nitrogens is 1. The summed E-state index contributed by atoms with van der Waals surface area (Å²) in [5.74, 6) is 0.212. The number of hydrogen-bond acceptors (Lipinski definition) is 3. The second-order valence-corrected chi connectivity index (χ2v) is 4.75. The van der Waals surface area contributed by atoms with Gasteiger partial charge in [-0.1, -0.05) is 6.07 Å². The van der Waals surface area contributed by atoms with Crippen molar-refractivity contribution < 1.29 is 4.79 Å². The predicted molar refractivity (Wildman–Crippen MR) is 76.1 cm³/mol. The fraction of sp³-hybridized carbons (Fsp3) is 0. The van der Waals surface area contributed by atoms with Crippen LogP contribution in [0.5, 0.6) is 0 Å². The molecule has 0 aliphatic carbocycles. The molecule has 4 nitrogen and oxygen atoms in total. The lowest BCUT2D eigenvalue weighted by Crippen LogP contribution is -2.12. The summed E-state index contributed by atoms with van der Waals surface area (Å²) in [6.07, 6.45) is 1.67. The third-order valence-electron chi connectivity index (χ3n) is 2.22. The molecule has 5 heteroatoms. The van der Waals surface area contributed by atoms with Gasteiger partial charge in [0, 0.05) is 15.3 Å². The normalized spacial score (nSPS) is 9.56. The van der Waals surface area contributed by atoms with Crippen LogP contribution in [-0.2, 0) is 0 Å². The van der Waals surface area contributed by atoms with Crippen LogP contribution in [-0.4, -0.2) is 10.9 Å². The molecule has 0 saturated heterocycles. The highest BCUT2D eigenvalue weighted by atomic mass is 127. The lowest BCUT2D eigenvalue weighted by Gasteiger charge is -2.04. The van der Waals surface area contributed by atoms with E-state index < -0.39 is 0 Å². The zero-order valence-electron chi connectivity index (χ0n) is 9.22. The van der Waals surface area contributed by atoms with Crippen LogP contribution >= 0.6 is 22.6 Å². The van der Waals surface area contributed by atoms with E-state index in [1.807, 2.05) is 12.1 Å². The first kappa shape index (κ1) is 12.5. The SMILES string of the molecule is N#Cc1cccc(C(=O)Nc2ccc(I)cn2)c1. The zero-order valence-corrected chi connectivity index (χ0v) is 11.4. The van der Waals surface area contributed by atoms with Gasteiger partial charge in [-0.15, -0.1) is 0 Å². The number of carbonyl (C=O) groups excluding carboxylic acids is 1. The molecule has 88 valence electrons. The monoisotopic (exact) mass is 349 g/mol. The molecule has 2 rings (SSSR count). The van der Waals surface area contributed by atoms with Gasteiger partial charge in [-0.2, -0.15) is 5.26 Å². The van der Waals surface area contributed by atoms with Gasteiger partial charge in [-0.25, -0.2) is 4.98 Å². The van der Waals surface area contributed by atoms with Crippen molar-refractivity contribution in [3.05, 3.63) is 57.3 Å². The van der Waals surface area contributed by atoms with E-state index in [2.05, 4.69) is 32.9 Å². The number of rotatable bonds is 2. The van der Waals surface area contributed by atoms with Gasteiger partial charge in [0.15, 0.2) is 0 Å². The minimum Gasteiger partial charge on any atom is -0.307 e. The van der Waals surface area contributed by atoms with Gasteiger partial charge in [0.1, 0.15) is 5.82 Å². The second kappa shape index (κ2) is 5.60. The Balaban J connectivity index is 2.17. The minimum absolute atomic E-state index is 0.277. The number of anilines is 1. The zero-order chi connectivity index (χ0) is 13.0. The largest absolute Gasteiger partial charge is 0.307 e. The maximum atomic E-state index is 11.9. The Bertz CT molecular complexity index is 617. The molecule has 0 unspecified atom stereocenters. The molecule has 0 spiro atoms. The van der Waals surface area contributed by atoms with E-state index in [0.29, 0.717) is 16.9 Å². The van der Waals surface area contributed by atoms with E-state index in [1.54, 1.807) is 36.5 Å². The Morgan fingerprint density at radius 2 is 2.17 bits per heavy atom. The Hall–Kier alpha value is -1.94. The highest BCUT2D eigenvalue weighted by Crippen LogP contribution is 2.10. The minimum atomic E-state index is -0.277. The van der Waals surface area contributed by atoms with Crippen molar-refractivity contribution in [1.29, 1.82) is 5.26 Å². The Morgan fingerprint density at radius 1 is 1.33 bits per heavy atom. The number of nitriles is 1. The highest BCUT2D eigenvalue weighted by Gasteiger charge is 2.07. The number of halogens is 1. The van der Waals surface area contributed by atoms with Crippen molar-refractivity contribution in [3.8, 4) is 6.07 Å². The lowest BCUT2D eigenvalue weighted by atomic mass is 10.1. The van der Waals surface area contributed by atoms with E-state index in [4.69, 9.17) is 5.26 Å². The van der Waals surface area contributed by atoms with Crippen molar-refractivity contribution in [2.45, 2.75) is 0 Å². The summed E-state index contributed by atoms with van der Waals surface area (Å²) in [7, 11) is 0. The average Bonchev–Trinajstić information content (AvgIpc) is 2.41. The fourth-order valence-corrected chi connectivity index (χ4v) is 1.69. The van der Waals surface area contributed by atoms with Crippen molar-refractivity contribution in [1.82, 2.24) is 4.98 Å². The fourth-order valence-electron chi connectivity index (χ4n) is 1.37. The number of nitrogens with zero attached hydrogens (tertiary/aromatic N) is 2. The second-order valence-electron chi connectivity index (χ2n) is 3.51. The number of nitrogens with one attached hydrogen (secondary N) is 1. The molecular formula is C13H8IN3O. The molecule has 1 aromatic heterocycles. The quantitative estimate of drug-likeness (QED) is 0.848. The topological polar surface area (TPSA) is 65.8 Å². The van der Waals surface area contributed by atoms with Crippen LogP contribution in [0.4, 0.5) is 5.82 Å². The molecule has 0 aliphatic rings. The van der Waals surface area contributed by atoms with Crippen LogP contribution in [0.2, 0.25) is 0 Å². The van der Waals surface area contributed by atoms with Crippen LogP contribution in [0.3, 0.4) is 0 Å². The molecule has 1 heterocycles. The average molecular weight is 349 g/mol. The summed E-state index contributed by atoms with van der Waals surface area (Å²) in [6, 6.07) is 12.1. The van der Waals surface area contributed by atoms with E-state index in [1.165, 1.54) is 0 Å². The summed E-state index contributed by atoms with van der Waals surface area (Å²) < 4.78 is 0.997. The van der Waals surface area contributed by atoms with Crippen molar-refractivity contribution in [2.75, 3.05) is 5.32 Å². The molecule has 1 amide bonds. The van der Waals surface area contributed by atoms with Crippen molar-refractivity contribution in [3.63, 3.8) is 0 Å². The maximum Gasteiger partial charge on any atom is 0.256 e. The standard InChI is InChI=1S/C13H8IN3O/c14-11-4-5-12(16-8-11)17-13(18)10-3-1-2-9(6-10)7-15/h1-6,8H,(H,16,17,18). The van der Waals surface area contributed by atoms with E-state index in [9.17, 15) is 4.79 Å². The van der Waals surface area contributed by atoms with Gasteiger partial charge in [0.05, 0.1) is 11.6 Å². The Labute approximate surface area is 118 Å². The van der Waals surface area contributed by atoms with Gasteiger partial charge in [0.2, 0.25) is 0 Å². The summed E-state index contributed by atoms with van der Waals surface area (Å²) in [6.45, 7) is 0. The molecule has 0 aliphatic heterocycles. The maximum absolute atomic E-state index is 11.9. The number of amides is 1. The summed E-state index contributed by atoms with van der Waals surface area (Å²) in [4.78, 5) is 16.0. The Morgan fingerprint density at radius 3 is 2.83 bits per heavy atom. The highest BCUT2D eigenvalue weighted by molar-refractivity contribution is 14.1. The van der Waals surface area contributed by atoms with Crippen molar-refractivity contribution >= 4 is 34.3 Å². The molecule has 1 aromatic carbocycles. The van der Waals surface area contributed by atoms with E-state index in [-0.39, 0.29) is 5.91 Å². The van der Waals surface area contributed by atoms with E-state index in [0.717, 1.165) is 3.57 Å². The molecule has 18 heavy (non-hydrogen) atoms. The van der Waals surface area contributed by atoms with Crippen LogP contribution in [0, 0.1) is 14.9 Å².